The molecular formula is C9H17NO2. The van der Waals surface area contributed by atoms with Crippen molar-refractivity contribution in [1.29, 1.82) is 0 Å². The first kappa shape index (κ1) is 9.52. The second-order valence-electron chi connectivity index (χ2n) is 3.25. The van der Waals surface area contributed by atoms with Crippen LogP contribution in [0.25, 0.3) is 0 Å². The Balaban J connectivity index is 2.39. The molecule has 1 fully saturated rings. The van der Waals surface area contributed by atoms with Crippen molar-refractivity contribution in [2.45, 2.75) is 20.3 Å². The fourth-order valence-electron chi connectivity index (χ4n) is 1.27. The van der Waals surface area contributed by atoms with Gasteiger partial charge in [-0.25, -0.2) is 0 Å². The summed E-state index contributed by atoms with van der Waals surface area (Å²) in [5, 5.41) is 0. The highest BCUT2D eigenvalue weighted by Gasteiger charge is 2.20. The molecule has 0 aliphatic carbocycles. The summed E-state index contributed by atoms with van der Waals surface area (Å²) in [4.78, 5) is 13.5. The lowest BCUT2D eigenvalue weighted by atomic mass is 10.1. The molecule has 0 radical (unpaired) electrons. The summed E-state index contributed by atoms with van der Waals surface area (Å²) >= 11 is 0. The van der Waals surface area contributed by atoms with Crippen molar-refractivity contribution in [3.8, 4) is 0 Å². The molecule has 1 heterocycles. The molecule has 3 heteroatoms. The number of hydrogen-bond donors (Lipinski definition) is 0. The number of carbonyl (C=O) groups excluding carboxylic acids is 1. The Morgan fingerprint density at radius 1 is 1.50 bits per heavy atom. The molecule has 1 atom stereocenters. The smallest absolute Gasteiger partial charge is 0.225 e. The molecule has 0 unspecified atom stereocenters. The van der Waals surface area contributed by atoms with Crippen LogP contribution < -0.4 is 0 Å². The topological polar surface area (TPSA) is 29.5 Å². The Hall–Kier alpha value is -0.570. The predicted octanol–water partition coefficient (Wildman–Crippen LogP) is 0.891. The van der Waals surface area contributed by atoms with Crippen molar-refractivity contribution >= 4 is 5.91 Å². The first-order chi connectivity index (χ1) is 5.75. The van der Waals surface area contributed by atoms with Gasteiger partial charge >= 0.3 is 0 Å². The normalized spacial score (nSPS) is 20.7. The van der Waals surface area contributed by atoms with E-state index in [0.717, 1.165) is 19.5 Å². The molecular weight excluding hydrogens is 154 g/mol. The van der Waals surface area contributed by atoms with Gasteiger partial charge in [0, 0.05) is 19.0 Å². The molecule has 1 saturated heterocycles. The highest BCUT2D eigenvalue weighted by atomic mass is 16.5. The second-order valence-corrected chi connectivity index (χ2v) is 3.25. The van der Waals surface area contributed by atoms with Crippen LogP contribution in [0.1, 0.15) is 20.3 Å². The highest BCUT2D eigenvalue weighted by molar-refractivity contribution is 5.78. The van der Waals surface area contributed by atoms with Gasteiger partial charge < -0.3 is 9.64 Å². The Morgan fingerprint density at radius 2 is 2.08 bits per heavy atom. The maximum atomic E-state index is 11.6. The van der Waals surface area contributed by atoms with E-state index in [-0.39, 0.29) is 11.8 Å². The first-order valence-corrected chi connectivity index (χ1v) is 4.62. The van der Waals surface area contributed by atoms with E-state index in [2.05, 4.69) is 0 Å². The monoisotopic (exact) mass is 171 g/mol. The lowest BCUT2D eigenvalue weighted by molar-refractivity contribution is -0.139. The average Bonchev–Trinajstić information content (AvgIpc) is 2.17. The summed E-state index contributed by atoms with van der Waals surface area (Å²) in [6.07, 6.45) is 0.927. The van der Waals surface area contributed by atoms with E-state index in [1.165, 1.54) is 0 Å². The van der Waals surface area contributed by atoms with Gasteiger partial charge in [-0.05, 0) is 6.42 Å². The molecule has 0 aromatic heterocycles. The number of nitrogens with zero attached hydrogens (tertiary/aromatic N) is 1. The Labute approximate surface area is 73.7 Å². The molecule has 1 rings (SSSR count). The van der Waals surface area contributed by atoms with Crippen molar-refractivity contribution in [2.75, 3.05) is 26.3 Å². The zero-order valence-electron chi connectivity index (χ0n) is 7.88. The molecule has 1 amide bonds. The minimum atomic E-state index is 0.170. The summed E-state index contributed by atoms with van der Waals surface area (Å²) < 4.78 is 5.17. The van der Waals surface area contributed by atoms with Gasteiger partial charge in [0.2, 0.25) is 5.91 Å². The maximum absolute atomic E-state index is 11.6. The summed E-state index contributed by atoms with van der Waals surface area (Å²) in [5.74, 6) is 0.448. The molecule has 1 aliphatic rings. The summed E-state index contributed by atoms with van der Waals surface area (Å²) in [7, 11) is 0. The fourth-order valence-corrected chi connectivity index (χ4v) is 1.27. The van der Waals surface area contributed by atoms with E-state index in [4.69, 9.17) is 4.74 Å². The SMILES string of the molecule is CC[C@@H](C)C(=O)N1CCOCC1. The predicted molar refractivity (Wildman–Crippen MR) is 46.9 cm³/mol. The third kappa shape index (κ3) is 2.21. The van der Waals surface area contributed by atoms with Gasteiger partial charge in [0.05, 0.1) is 13.2 Å². The zero-order chi connectivity index (χ0) is 8.97. The quantitative estimate of drug-likeness (QED) is 0.617. The van der Waals surface area contributed by atoms with Gasteiger partial charge in [-0.3, -0.25) is 4.79 Å². The molecule has 1 aliphatic heterocycles. The molecule has 0 saturated carbocycles. The van der Waals surface area contributed by atoms with E-state index in [1.807, 2.05) is 18.7 Å². The maximum Gasteiger partial charge on any atom is 0.225 e. The van der Waals surface area contributed by atoms with Crippen molar-refractivity contribution in [3.63, 3.8) is 0 Å². The van der Waals surface area contributed by atoms with E-state index in [1.54, 1.807) is 0 Å². The van der Waals surface area contributed by atoms with Crippen LogP contribution in [0.4, 0.5) is 0 Å². The van der Waals surface area contributed by atoms with Crippen LogP contribution in [0.2, 0.25) is 0 Å². The van der Waals surface area contributed by atoms with Gasteiger partial charge in [0.15, 0.2) is 0 Å². The van der Waals surface area contributed by atoms with Crippen LogP contribution in [0, 0.1) is 5.92 Å². The van der Waals surface area contributed by atoms with Gasteiger partial charge in [-0.15, -0.1) is 0 Å². The van der Waals surface area contributed by atoms with E-state index >= 15 is 0 Å². The Bertz CT molecular complexity index is 153. The fraction of sp³-hybridized carbons (Fsp3) is 0.889. The Kier molecular flexibility index (Phi) is 3.53. The lowest BCUT2D eigenvalue weighted by Gasteiger charge is -2.28. The van der Waals surface area contributed by atoms with E-state index in [9.17, 15) is 4.79 Å². The van der Waals surface area contributed by atoms with Crippen molar-refractivity contribution in [3.05, 3.63) is 0 Å². The molecule has 70 valence electrons. The summed E-state index contributed by atoms with van der Waals surface area (Å²) in [5.41, 5.74) is 0. The third-order valence-electron chi connectivity index (χ3n) is 2.36. The van der Waals surface area contributed by atoms with Crippen molar-refractivity contribution < 1.29 is 9.53 Å². The van der Waals surface area contributed by atoms with Crippen LogP contribution in [0.3, 0.4) is 0 Å². The van der Waals surface area contributed by atoms with Crippen LogP contribution in [-0.4, -0.2) is 37.1 Å². The third-order valence-corrected chi connectivity index (χ3v) is 2.36. The minimum absolute atomic E-state index is 0.170. The van der Waals surface area contributed by atoms with Gasteiger partial charge in [-0.1, -0.05) is 13.8 Å². The molecule has 3 nitrogen and oxygen atoms in total. The molecule has 0 aromatic carbocycles. The highest BCUT2D eigenvalue weighted by Crippen LogP contribution is 2.08. The number of hydrogen-bond acceptors (Lipinski definition) is 2. The molecule has 0 bridgehead atoms. The second kappa shape index (κ2) is 4.45. The van der Waals surface area contributed by atoms with Gasteiger partial charge in [-0.2, -0.15) is 0 Å². The molecule has 0 N–H and O–H groups in total. The lowest BCUT2D eigenvalue weighted by Crippen LogP contribution is -2.43. The van der Waals surface area contributed by atoms with E-state index < -0.39 is 0 Å². The van der Waals surface area contributed by atoms with Crippen molar-refractivity contribution in [1.82, 2.24) is 4.90 Å². The van der Waals surface area contributed by atoms with Crippen LogP contribution in [-0.2, 0) is 9.53 Å². The van der Waals surface area contributed by atoms with Gasteiger partial charge in [0.25, 0.3) is 0 Å². The molecule has 0 aromatic rings. The summed E-state index contributed by atoms with van der Waals surface area (Å²) in [6, 6.07) is 0. The number of ether oxygens (including phenoxy) is 1. The number of amides is 1. The van der Waals surface area contributed by atoms with Gasteiger partial charge in [0.1, 0.15) is 0 Å². The van der Waals surface area contributed by atoms with Crippen LogP contribution in [0.15, 0.2) is 0 Å². The standard InChI is InChI=1S/C9H17NO2/c1-3-8(2)9(11)10-4-6-12-7-5-10/h8H,3-7H2,1-2H3/t8-/m1/s1. The minimum Gasteiger partial charge on any atom is -0.378 e. The largest absolute Gasteiger partial charge is 0.378 e. The average molecular weight is 171 g/mol. The Morgan fingerprint density at radius 3 is 2.58 bits per heavy atom. The molecule has 0 spiro atoms. The van der Waals surface area contributed by atoms with E-state index in [0.29, 0.717) is 13.2 Å². The zero-order valence-corrected chi connectivity index (χ0v) is 7.88. The number of morpholine rings is 1. The van der Waals surface area contributed by atoms with Crippen molar-refractivity contribution in [2.24, 2.45) is 5.92 Å². The van der Waals surface area contributed by atoms with Crippen LogP contribution in [0.5, 0.6) is 0 Å². The van der Waals surface area contributed by atoms with Crippen LogP contribution >= 0.6 is 0 Å². The number of carbonyl (C=O) groups is 1. The first-order valence-electron chi connectivity index (χ1n) is 4.62. The number of rotatable bonds is 2. The summed E-state index contributed by atoms with van der Waals surface area (Å²) in [6.45, 7) is 6.96. The molecule has 12 heavy (non-hydrogen) atoms.